The first-order valence-electron chi connectivity index (χ1n) is 8.14. The summed E-state index contributed by atoms with van der Waals surface area (Å²) in [5.74, 6) is 0.516. The summed E-state index contributed by atoms with van der Waals surface area (Å²) in [5.41, 5.74) is 9.90. The number of anilines is 1. The second kappa shape index (κ2) is 7.00. The Kier molecular flexibility index (Phi) is 4.57. The van der Waals surface area contributed by atoms with Gasteiger partial charge in [-0.05, 0) is 42.0 Å². The van der Waals surface area contributed by atoms with E-state index in [0.29, 0.717) is 5.88 Å². The maximum atomic E-state index is 6.70. The van der Waals surface area contributed by atoms with Crippen molar-refractivity contribution in [2.24, 2.45) is 5.73 Å². The highest BCUT2D eigenvalue weighted by atomic mass is 35.5. The van der Waals surface area contributed by atoms with Crippen LogP contribution in [0, 0.1) is 0 Å². The Hall–Kier alpha value is -2.14. The smallest absolute Gasteiger partial charge is 0.0808 e. The van der Waals surface area contributed by atoms with E-state index in [-0.39, 0.29) is 12.1 Å². The molecule has 0 fully saturated rings. The third-order valence-electron chi connectivity index (χ3n) is 4.40. The molecule has 0 saturated heterocycles. The van der Waals surface area contributed by atoms with Gasteiger partial charge in [-0.3, -0.25) is 4.98 Å². The minimum Gasteiger partial charge on any atom is -0.338 e. The van der Waals surface area contributed by atoms with Crippen molar-refractivity contribution in [2.45, 2.75) is 18.0 Å². The molecule has 2 N–H and O–H groups in total. The van der Waals surface area contributed by atoms with Crippen LogP contribution in [0.1, 0.15) is 33.1 Å². The first kappa shape index (κ1) is 16.3. The fraction of sp³-hybridized carbons (Fsp3) is 0.150. The van der Waals surface area contributed by atoms with Crippen molar-refractivity contribution in [3.63, 3.8) is 0 Å². The summed E-state index contributed by atoms with van der Waals surface area (Å²) >= 11 is 7.80. The zero-order valence-electron chi connectivity index (χ0n) is 13.5. The van der Waals surface area contributed by atoms with Crippen molar-refractivity contribution in [2.75, 3.05) is 4.90 Å². The number of nitrogens with zero attached hydrogens (tertiary/aromatic N) is 2. The number of alkyl halides is 1. The molecule has 3 heterocycles. The molecule has 1 aliphatic rings. The van der Waals surface area contributed by atoms with Crippen LogP contribution in [0.3, 0.4) is 0 Å². The summed E-state index contributed by atoms with van der Waals surface area (Å²) < 4.78 is 0. The van der Waals surface area contributed by atoms with Gasteiger partial charge in [-0.2, -0.15) is 0 Å². The predicted molar refractivity (Wildman–Crippen MR) is 106 cm³/mol. The third kappa shape index (κ3) is 3.09. The molecular formula is C20H18ClN3S. The normalized spacial score (nSPS) is 17.4. The van der Waals surface area contributed by atoms with E-state index in [2.05, 4.69) is 40.4 Å². The van der Waals surface area contributed by atoms with Gasteiger partial charge in [0.15, 0.2) is 0 Å². The van der Waals surface area contributed by atoms with Gasteiger partial charge in [-0.25, -0.2) is 0 Å². The van der Waals surface area contributed by atoms with Crippen LogP contribution in [0.4, 0.5) is 5.69 Å². The molecule has 0 aliphatic carbocycles. The van der Waals surface area contributed by atoms with E-state index in [1.807, 2.05) is 36.4 Å². The van der Waals surface area contributed by atoms with Gasteiger partial charge >= 0.3 is 0 Å². The first-order valence-corrected chi connectivity index (χ1v) is 9.49. The van der Waals surface area contributed by atoms with Crippen molar-refractivity contribution in [3.05, 3.63) is 88.0 Å². The Labute approximate surface area is 156 Å². The van der Waals surface area contributed by atoms with Crippen LogP contribution in [0.25, 0.3) is 6.08 Å². The fourth-order valence-electron chi connectivity index (χ4n) is 3.24. The van der Waals surface area contributed by atoms with Crippen molar-refractivity contribution < 1.29 is 0 Å². The van der Waals surface area contributed by atoms with Gasteiger partial charge in [0.2, 0.25) is 0 Å². The first-order chi connectivity index (χ1) is 12.3. The van der Waals surface area contributed by atoms with Crippen LogP contribution in [0.15, 0.2) is 67.0 Å². The molecule has 0 bridgehead atoms. The molecule has 1 aliphatic heterocycles. The van der Waals surface area contributed by atoms with Gasteiger partial charge in [-0.1, -0.05) is 24.3 Å². The summed E-state index contributed by atoms with van der Waals surface area (Å²) in [7, 11) is 0. The van der Waals surface area contributed by atoms with E-state index in [1.165, 1.54) is 10.4 Å². The largest absolute Gasteiger partial charge is 0.338 e. The molecule has 25 heavy (non-hydrogen) atoms. The van der Waals surface area contributed by atoms with Crippen LogP contribution >= 0.6 is 22.9 Å². The Morgan fingerprint density at radius 3 is 2.68 bits per heavy atom. The molecule has 2 aromatic heterocycles. The van der Waals surface area contributed by atoms with E-state index in [4.69, 9.17) is 17.3 Å². The average Bonchev–Trinajstić information content (AvgIpc) is 3.11. The van der Waals surface area contributed by atoms with Gasteiger partial charge in [0.05, 0.1) is 23.7 Å². The highest BCUT2D eigenvalue weighted by Gasteiger charge is 2.33. The molecule has 2 unspecified atom stereocenters. The number of aromatic nitrogens is 1. The van der Waals surface area contributed by atoms with Gasteiger partial charge in [0.25, 0.3) is 0 Å². The van der Waals surface area contributed by atoms with Gasteiger partial charge in [-0.15, -0.1) is 22.9 Å². The van der Waals surface area contributed by atoms with Crippen LogP contribution in [-0.2, 0) is 5.88 Å². The van der Waals surface area contributed by atoms with E-state index in [9.17, 15) is 0 Å². The molecular weight excluding hydrogens is 350 g/mol. The average molecular weight is 368 g/mol. The SMILES string of the molecule is NC(c1ccccn1)C1c2cc(CCl)sc2C=CN1c1ccccc1. The van der Waals surface area contributed by atoms with Crippen molar-refractivity contribution in [1.82, 2.24) is 4.98 Å². The van der Waals surface area contributed by atoms with E-state index < -0.39 is 0 Å². The molecule has 2 atom stereocenters. The predicted octanol–water partition coefficient (Wildman–Crippen LogP) is 5.11. The third-order valence-corrected chi connectivity index (χ3v) is 5.96. The molecule has 0 amide bonds. The van der Waals surface area contributed by atoms with E-state index in [0.717, 1.165) is 16.3 Å². The molecule has 0 radical (unpaired) electrons. The molecule has 5 heteroatoms. The van der Waals surface area contributed by atoms with Crippen LogP contribution in [0.5, 0.6) is 0 Å². The van der Waals surface area contributed by atoms with Crippen molar-refractivity contribution >= 4 is 34.7 Å². The fourth-order valence-corrected chi connectivity index (χ4v) is 4.43. The number of rotatable bonds is 4. The second-order valence-electron chi connectivity index (χ2n) is 5.95. The number of hydrogen-bond donors (Lipinski definition) is 1. The molecule has 3 nitrogen and oxygen atoms in total. The number of thiophene rings is 1. The monoisotopic (exact) mass is 367 g/mol. The molecule has 0 spiro atoms. The Morgan fingerprint density at radius 1 is 1.16 bits per heavy atom. The van der Waals surface area contributed by atoms with Crippen LogP contribution in [0.2, 0.25) is 0 Å². The number of halogens is 1. The zero-order valence-corrected chi connectivity index (χ0v) is 15.1. The van der Waals surface area contributed by atoms with E-state index in [1.54, 1.807) is 17.5 Å². The Bertz CT molecular complexity index is 876. The lowest BCUT2D eigenvalue weighted by Crippen LogP contribution is -2.35. The quantitative estimate of drug-likeness (QED) is 0.651. The molecule has 3 aromatic rings. The lowest BCUT2D eigenvalue weighted by molar-refractivity contribution is 0.543. The standard InChI is InChI=1S/C20H18ClN3S/c21-13-15-12-16-18(25-15)9-11-24(14-6-2-1-3-7-14)20(16)19(22)17-8-4-5-10-23-17/h1-12,19-20H,13,22H2. The second-order valence-corrected chi connectivity index (χ2v) is 7.39. The molecule has 0 saturated carbocycles. The molecule has 1 aromatic carbocycles. The lowest BCUT2D eigenvalue weighted by Gasteiger charge is -2.37. The summed E-state index contributed by atoms with van der Waals surface area (Å²) in [6.45, 7) is 0. The summed E-state index contributed by atoms with van der Waals surface area (Å²) in [6, 6.07) is 18.1. The number of nitrogens with two attached hydrogens (primary N) is 1. The van der Waals surface area contributed by atoms with Crippen molar-refractivity contribution in [1.29, 1.82) is 0 Å². The van der Waals surface area contributed by atoms with Gasteiger partial charge in [0.1, 0.15) is 0 Å². The van der Waals surface area contributed by atoms with E-state index >= 15 is 0 Å². The Morgan fingerprint density at radius 2 is 1.96 bits per heavy atom. The highest BCUT2D eigenvalue weighted by Crippen LogP contribution is 2.43. The van der Waals surface area contributed by atoms with Crippen molar-refractivity contribution in [3.8, 4) is 0 Å². The summed E-state index contributed by atoms with van der Waals surface area (Å²) in [4.78, 5) is 9.09. The molecule has 4 rings (SSSR count). The van der Waals surface area contributed by atoms with Gasteiger partial charge < -0.3 is 10.6 Å². The number of para-hydroxylation sites is 1. The maximum absolute atomic E-state index is 6.70. The van der Waals surface area contributed by atoms with Crippen LogP contribution in [-0.4, -0.2) is 4.98 Å². The highest BCUT2D eigenvalue weighted by molar-refractivity contribution is 7.13. The van der Waals surface area contributed by atoms with Crippen LogP contribution < -0.4 is 10.6 Å². The van der Waals surface area contributed by atoms with Gasteiger partial charge in [0, 0.05) is 27.8 Å². The molecule has 126 valence electrons. The lowest BCUT2D eigenvalue weighted by atomic mass is 9.93. The number of benzene rings is 1. The summed E-state index contributed by atoms with van der Waals surface area (Å²) in [5, 5.41) is 0. The minimum atomic E-state index is -0.247. The summed E-state index contributed by atoms with van der Waals surface area (Å²) in [6.07, 6.45) is 6.05. The maximum Gasteiger partial charge on any atom is 0.0808 e. The minimum absolute atomic E-state index is 0.0227. The Balaban J connectivity index is 1.82. The topological polar surface area (TPSA) is 42.1 Å². The number of fused-ring (bicyclic) bond motifs is 1. The zero-order chi connectivity index (χ0) is 17.2. The number of pyridine rings is 1. The number of hydrogen-bond acceptors (Lipinski definition) is 4.